The summed E-state index contributed by atoms with van der Waals surface area (Å²) in [5.74, 6) is -0.348. The van der Waals surface area contributed by atoms with Crippen LogP contribution in [0.15, 0.2) is 95.9 Å². The van der Waals surface area contributed by atoms with E-state index in [1.54, 1.807) is 81.6 Å². The summed E-state index contributed by atoms with van der Waals surface area (Å²) >= 11 is 3.16. The second-order valence-corrected chi connectivity index (χ2v) is 24.5. The molecule has 75 heavy (non-hydrogen) atoms. The standard InChI is InChI=1S/C52H65F6N4O10PS2/c1-33(2)69-45(64)34(3)61-73(66,72-39-12-10-9-11-13-39)68-29-41-44-50(8,32-67-49(6,7)71-44)46(70-41)62-26-23-42(60-47(62)65)59-43(63)28-48(4,5)25-22-40(75-31-36-16-20-38(21-17-36)52(56,57)58)24-27-74-30-35-14-18-37(19-15-35)51(53,54)55/h9-21,23,26,33-34,40-41,44,46H,22,24-25,27-32H2,1-8H3,(H,61,66)(H,59,60,63,65)/t34-,40+,41+,44?,46+,50-,73?/m0/s1. The van der Waals surface area contributed by atoms with Crippen LogP contribution < -0.4 is 20.6 Å². The Morgan fingerprint density at radius 2 is 1.49 bits per heavy atom. The number of anilines is 1. The normalized spacial score (nSPS) is 21.5. The van der Waals surface area contributed by atoms with Crippen LogP contribution >= 0.6 is 31.3 Å². The predicted molar refractivity (Wildman–Crippen MR) is 275 cm³/mol. The van der Waals surface area contributed by atoms with Gasteiger partial charge < -0.3 is 28.8 Å². The quantitative estimate of drug-likeness (QED) is 0.0295. The smallest absolute Gasteiger partial charge is 0.459 e. The summed E-state index contributed by atoms with van der Waals surface area (Å²) in [6.45, 7) is 13.6. The van der Waals surface area contributed by atoms with Gasteiger partial charge in [0.15, 0.2) is 5.79 Å². The molecule has 7 atom stereocenters. The number of amides is 1. The number of para-hydroxylation sites is 1. The maximum absolute atomic E-state index is 14.4. The van der Waals surface area contributed by atoms with Gasteiger partial charge in [-0.25, -0.2) is 9.36 Å². The van der Waals surface area contributed by atoms with Gasteiger partial charge in [-0.3, -0.25) is 18.7 Å². The second-order valence-electron chi connectivity index (χ2n) is 20.4. The number of ether oxygens (including phenoxy) is 4. The lowest BCUT2D eigenvalue weighted by Gasteiger charge is -2.45. The number of alkyl halides is 6. The molecule has 23 heteroatoms. The van der Waals surface area contributed by atoms with E-state index < -0.39 is 96.0 Å². The number of aromatic nitrogens is 2. The third-order valence-corrected chi connectivity index (χ3v) is 16.6. The molecular weight excluding hydrogens is 1050 g/mol. The molecule has 3 aromatic carbocycles. The summed E-state index contributed by atoms with van der Waals surface area (Å²) < 4.78 is 131. The summed E-state index contributed by atoms with van der Waals surface area (Å²) in [5.41, 5.74) is -2.33. The number of benzene rings is 3. The predicted octanol–water partition coefficient (Wildman–Crippen LogP) is 12.2. The van der Waals surface area contributed by atoms with Crippen LogP contribution in [0.25, 0.3) is 0 Å². The Bertz CT molecular complexity index is 2650. The van der Waals surface area contributed by atoms with Gasteiger partial charge in [0.05, 0.1) is 35.9 Å². The third-order valence-electron chi connectivity index (χ3n) is 12.5. The van der Waals surface area contributed by atoms with Gasteiger partial charge in [-0.05, 0) is 119 Å². The number of fused-ring (bicyclic) bond motifs is 1. The summed E-state index contributed by atoms with van der Waals surface area (Å²) in [6.07, 6.45) is -8.69. The lowest BCUT2D eigenvalue weighted by Crippen LogP contribution is -2.55. The van der Waals surface area contributed by atoms with Crippen molar-refractivity contribution in [3.05, 3.63) is 124 Å². The van der Waals surface area contributed by atoms with E-state index in [2.05, 4.69) is 15.4 Å². The zero-order valence-corrected chi connectivity index (χ0v) is 45.5. The van der Waals surface area contributed by atoms with Gasteiger partial charge in [-0.15, -0.1) is 0 Å². The molecule has 2 aliphatic heterocycles. The molecule has 2 unspecified atom stereocenters. The van der Waals surface area contributed by atoms with Gasteiger partial charge in [-0.2, -0.15) is 59.9 Å². The molecule has 0 radical (unpaired) electrons. The molecule has 6 rings (SSSR count). The van der Waals surface area contributed by atoms with Gasteiger partial charge in [-0.1, -0.05) is 63.2 Å². The molecular formula is C52H65F6N4O10PS2. The highest BCUT2D eigenvalue weighted by Gasteiger charge is 2.60. The van der Waals surface area contributed by atoms with E-state index in [0.29, 0.717) is 36.5 Å². The number of nitrogens with zero attached hydrogens (tertiary/aromatic N) is 2. The molecule has 1 aromatic heterocycles. The van der Waals surface area contributed by atoms with Crippen molar-refractivity contribution in [1.82, 2.24) is 14.6 Å². The maximum atomic E-state index is 14.4. The summed E-state index contributed by atoms with van der Waals surface area (Å²) in [7, 11) is -4.33. The van der Waals surface area contributed by atoms with E-state index in [1.165, 1.54) is 48.0 Å². The van der Waals surface area contributed by atoms with Crippen molar-refractivity contribution in [3.8, 4) is 5.75 Å². The Kier molecular flexibility index (Phi) is 19.9. The monoisotopic (exact) mass is 1110 g/mol. The average Bonchev–Trinajstić information content (AvgIpc) is 3.59. The molecule has 4 aromatic rings. The number of carbonyl (C=O) groups excluding carboxylic acids is 2. The van der Waals surface area contributed by atoms with Crippen LogP contribution in [-0.4, -0.2) is 75.8 Å². The van der Waals surface area contributed by atoms with Crippen LogP contribution in [0.4, 0.5) is 32.2 Å². The number of nitrogens with one attached hydrogen (secondary N) is 2. The number of rotatable bonds is 24. The number of halogens is 6. The van der Waals surface area contributed by atoms with Crippen LogP contribution in [0.3, 0.4) is 0 Å². The van der Waals surface area contributed by atoms with E-state index in [-0.39, 0.29) is 36.5 Å². The van der Waals surface area contributed by atoms with Gasteiger partial charge in [0, 0.05) is 29.4 Å². The molecule has 2 N–H and O–H groups in total. The minimum absolute atomic E-state index is 0.000794. The van der Waals surface area contributed by atoms with Gasteiger partial charge in [0.1, 0.15) is 36.0 Å². The first-order valence-electron chi connectivity index (χ1n) is 24.4. The van der Waals surface area contributed by atoms with Crippen LogP contribution in [0.2, 0.25) is 0 Å². The first-order chi connectivity index (χ1) is 35.0. The molecule has 2 saturated heterocycles. The van der Waals surface area contributed by atoms with E-state index in [0.717, 1.165) is 35.4 Å². The lowest BCUT2D eigenvalue weighted by molar-refractivity contribution is -0.314. The summed E-state index contributed by atoms with van der Waals surface area (Å²) in [5, 5.41) is 5.44. The van der Waals surface area contributed by atoms with Gasteiger partial charge in [0.25, 0.3) is 0 Å². The molecule has 412 valence electrons. The van der Waals surface area contributed by atoms with Crippen molar-refractivity contribution in [2.75, 3.05) is 24.3 Å². The van der Waals surface area contributed by atoms with Gasteiger partial charge in [0.2, 0.25) is 5.91 Å². The number of thioether (sulfide) groups is 2. The fourth-order valence-electron chi connectivity index (χ4n) is 8.44. The molecule has 2 aliphatic rings. The lowest BCUT2D eigenvalue weighted by atomic mass is 9.81. The number of hydrogen-bond acceptors (Lipinski definition) is 13. The number of hydrogen-bond donors (Lipinski definition) is 2. The molecule has 0 spiro atoms. The number of esters is 1. The average molecular weight is 1120 g/mol. The molecule has 14 nitrogen and oxygen atoms in total. The topological polar surface area (TPSA) is 166 Å². The first-order valence-corrected chi connectivity index (χ1v) is 28.1. The molecule has 0 saturated carbocycles. The third kappa shape index (κ3) is 17.3. The van der Waals surface area contributed by atoms with Crippen molar-refractivity contribution >= 4 is 49.0 Å². The Morgan fingerprint density at radius 1 is 0.880 bits per heavy atom. The summed E-state index contributed by atoms with van der Waals surface area (Å²) in [4.78, 5) is 44.4. The zero-order valence-electron chi connectivity index (χ0n) is 43.0. The molecule has 3 heterocycles. The molecule has 1 amide bonds. The highest BCUT2D eigenvalue weighted by Crippen LogP contribution is 2.53. The van der Waals surface area contributed by atoms with Crippen molar-refractivity contribution < 1.29 is 68.5 Å². The summed E-state index contributed by atoms with van der Waals surface area (Å²) in [6, 6.07) is 18.7. The van der Waals surface area contributed by atoms with Crippen molar-refractivity contribution in [3.63, 3.8) is 0 Å². The van der Waals surface area contributed by atoms with E-state index in [1.807, 2.05) is 20.8 Å². The Hall–Kier alpha value is -4.41. The molecule has 0 bridgehead atoms. The van der Waals surface area contributed by atoms with Crippen molar-refractivity contribution in [2.24, 2.45) is 10.8 Å². The molecule has 2 fully saturated rings. The second kappa shape index (κ2) is 24.9. The van der Waals surface area contributed by atoms with E-state index in [4.69, 9.17) is 28.0 Å². The maximum Gasteiger partial charge on any atom is 0.459 e. The molecule has 0 aliphatic carbocycles. The zero-order chi connectivity index (χ0) is 55.0. The first kappa shape index (κ1) is 59.8. The number of carbonyl (C=O) groups is 2. The Morgan fingerprint density at radius 3 is 2.08 bits per heavy atom. The SMILES string of the molecule is CC(C)OC(=O)[C@H](C)NP(=O)(OC[C@H]1O[C@@H](n2ccc(NC(=O)CC(C)(C)CC[C@H](CCSCc3ccc(C(F)(F)F)cc3)SCc3ccc(C(F)(F)F)cc3)nc2=O)[C@@]2(C)COC(C)(C)OC12)Oc1ccccc1. The van der Waals surface area contributed by atoms with Gasteiger partial charge >= 0.3 is 31.8 Å². The van der Waals surface area contributed by atoms with Crippen molar-refractivity contribution in [1.29, 1.82) is 0 Å². The van der Waals surface area contributed by atoms with Crippen molar-refractivity contribution in [2.45, 2.75) is 147 Å². The van der Waals surface area contributed by atoms with E-state index in [9.17, 15) is 45.3 Å². The highest BCUT2D eigenvalue weighted by atomic mass is 32.2. The fourth-order valence-corrected chi connectivity index (χ4v) is 12.3. The van der Waals surface area contributed by atoms with Crippen LogP contribution in [0.1, 0.15) is 110 Å². The minimum Gasteiger partial charge on any atom is -0.462 e. The van der Waals surface area contributed by atoms with Crippen LogP contribution in [-0.2, 0) is 61.5 Å². The Balaban J connectivity index is 1.09. The Labute approximate surface area is 441 Å². The van der Waals surface area contributed by atoms with E-state index >= 15 is 0 Å². The highest BCUT2D eigenvalue weighted by molar-refractivity contribution is 7.99. The largest absolute Gasteiger partial charge is 0.462 e. The fraction of sp³-hybridized carbons (Fsp3) is 0.538. The van der Waals surface area contributed by atoms with Crippen LogP contribution in [0.5, 0.6) is 5.75 Å². The van der Waals surface area contributed by atoms with Crippen LogP contribution in [0, 0.1) is 10.8 Å². The minimum atomic E-state index is -4.46.